The lowest BCUT2D eigenvalue weighted by atomic mass is 10.0. The van der Waals surface area contributed by atoms with Crippen LogP contribution in [0.1, 0.15) is 12.8 Å². The molecule has 0 saturated carbocycles. The van der Waals surface area contributed by atoms with Crippen LogP contribution in [0.25, 0.3) is 0 Å². The zero-order valence-electron chi connectivity index (χ0n) is 15.4. The van der Waals surface area contributed by atoms with Crippen molar-refractivity contribution in [2.75, 3.05) is 51.2 Å². The maximum absolute atomic E-state index is 5.85. The van der Waals surface area contributed by atoms with Crippen LogP contribution in [0.4, 0.5) is 5.82 Å². The number of piperazine rings is 1. The maximum atomic E-state index is 5.85. The van der Waals surface area contributed by atoms with Gasteiger partial charge in [-0.2, -0.15) is 0 Å². The van der Waals surface area contributed by atoms with Gasteiger partial charge in [0.1, 0.15) is 17.9 Å². The first kappa shape index (κ1) is 17.2. The second kappa shape index (κ2) is 8.01. The Bertz CT molecular complexity index is 694. The van der Waals surface area contributed by atoms with Crippen LogP contribution < -0.4 is 9.64 Å². The molecule has 6 nitrogen and oxygen atoms in total. The zero-order valence-corrected chi connectivity index (χ0v) is 15.4. The molecule has 0 aliphatic carbocycles. The molecule has 2 aromatic rings. The smallest absolute Gasteiger partial charge is 0.224 e. The molecule has 138 valence electrons. The third kappa shape index (κ3) is 4.14. The van der Waals surface area contributed by atoms with Gasteiger partial charge in [0, 0.05) is 51.4 Å². The Balaban J connectivity index is 1.35. The Morgan fingerprint density at radius 2 is 1.65 bits per heavy atom. The number of nitrogens with zero attached hydrogens (tertiary/aromatic N) is 5. The zero-order chi connectivity index (χ0) is 17.8. The monoisotopic (exact) mass is 353 g/mol. The summed E-state index contributed by atoms with van der Waals surface area (Å²) in [5.74, 6) is 2.36. The average molecular weight is 353 g/mol. The van der Waals surface area contributed by atoms with Crippen molar-refractivity contribution in [1.82, 2.24) is 19.8 Å². The Morgan fingerprint density at radius 1 is 0.923 bits per heavy atom. The molecule has 2 aliphatic heterocycles. The molecule has 0 spiro atoms. The molecule has 2 fully saturated rings. The fraction of sp³-hybridized carbons (Fsp3) is 0.500. The first-order chi connectivity index (χ1) is 12.8. The molecule has 4 rings (SSSR count). The van der Waals surface area contributed by atoms with E-state index in [-0.39, 0.29) is 0 Å². The first-order valence-electron chi connectivity index (χ1n) is 9.50. The van der Waals surface area contributed by atoms with E-state index in [1.54, 1.807) is 6.33 Å². The number of aromatic nitrogens is 2. The van der Waals surface area contributed by atoms with Crippen LogP contribution in [0.2, 0.25) is 0 Å². The van der Waals surface area contributed by atoms with Crippen molar-refractivity contribution in [3.63, 3.8) is 0 Å². The summed E-state index contributed by atoms with van der Waals surface area (Å²) in [7, 11) is 2.21. The van der Waals surface area contributed by atoms with E-state index in [1.807, 2.05) is 36.4 Å². The largest absolute Gasteiger partial charge is 0.439 e. The van der Waals surface area contributed by atoms with Crippen molar-refractivity contribution in [3.05, 3.63) is 42.7 Å². The maximum Gasteiger partial charge on any atom is 0.224 e. The van der Waals surface area contributed by atoms with Gasteiger partial charge in [0.25, 0.3) is 0 Å². The van der Waals surface area contributed by atoms with Gasteiger partial charge in [-0.25, -0.2) is 9.97 Å². The Hall–Kier alpha value is -2.18. The summed E-state index contributed by atoms with van der Waals surface area (Å²) in [6, 6.07) is 12.4. The molecule has 0 N–H and O–H groups in total. The number of para-hydroxylation sites is 1. The third-order valence-electron chi connectivity index (χ3n) is 5.44. The second-order valence-corrected chi connectivity index (χ2v) is 7.19. The number of hydrogen-bond acceptors (Lipinski definition) is 6. The van der Waals surface area contributed by atoms with E-state index in [0.29, 0.717) is 11.9 Å². The van der Waals surface area contributed by atoms with Crippen molar-refractivity contribution in [2.45, 2.75) is 18.9 Å². The Kier molecular flexibility index (Phi) is 5.32. The van der Waals surface area contributed by atoms with Gasteiger partial charge < -0.3 is 14.5 Å². The molecule has 0 bridgehead atoms. The van der Waals surface area contributed by atoms with Crippen LogP contribution >= 0.6 is 0 Å². The highest BCUT2D eigenvalue weighted by molar-refractivity contribution is 5.42. The first-order valence-corrected chi connectivity index (χ1v) is 9.50. The normalized spacial score (nSPS) is 20.3. The van der Waals surface area contributed by atoms with Crippen molar-refractivity contribution >= 4 is 5.82 Å². The molecule has 0 atom stereocenters. The molecule has 6 heteroatoms. The molecule has 2 aliphatic rings. The summed E-state index contributed by atoms with van der Waals surface area (Å²) in [6.45, 7) is 6.85. The fourth-order valence-corrected chi connectivity index (χ4v) is 3.82. The van der Waals surface area contributed by atoms with Crippen LogP contribution in [-0.4, -0.2) is 72.1 Å². The van der Waals surface area contributed by atoms with Gasteiger partial charge >= 0.3 is 0 Å². The summed E-state index contributed by atoms with van der Waals surface area (Å²) in [4.78, 5) is 16.2. The van der Waals surface area contributed by atoms with Crippen LogP contribution in [0.5, 0.6) is 11.6 Å². The van der Waals surface area contributed by atoms with Crippen LogP contribution in [0.3, 0.4) is 0 Å². The van der Waals surface area contributed by atoms with E-state index in [4.69, 9.17) is 4.74 Å². The molecule has 0 unspecified atom stereocenters. The lowest BCUT2D eigenvalue weighted by molar-refractivity contribution is 0.0981. The van der Waals surface area contributed by atoms with Gasteiger partial charge in [-0.15, -0.1) is 0 Å². The minimum absolute atomic E-state index is 0.599. The molecule has 26 heavy (non-hydrogen) atoms. The number of benzene rings is 1. The predicted molar refractivity (Wildman–Crippen MR) is 103 cm³/mol. The highest BCUT2D eigenvalue weighted by atomic mass is 16.5. The van der Waals surface area contributed by atoms with Crippen LogP contribution in [0, 0.1) is 0 Å². The Labute approximate surface area is 155 Å². The number of anilines is 1. The molecule has 1 aromatic carbocycles. The summed E-state index contributed by atoms with van der Waals surface area (Å²) in [6.07, 6.45) is 3.99. The minimum Gasteiger partial charge on any atom is -0.439 e. The highest BCUT2D eigenvalue weighted by Gasteiger charge is 2.27. The van der Waals surface area contributed by atoms with Gasteiger partial charge in [0.2, 0.25) is 5.88 Å². The van der Waals surface area contributed by atoms with Crippen molar-refractivity contribution in [2.24, 2.45) is 0 Å². The summed E-state index contributed by atoms with van der Waals surface area (Å²) >= 11 is 0. The molecule has 2 saturated heterocycles. The lowest BCUT2D eigenvalue weighted by Gasteiger charge is -2.42. The molecular weight excluding hydrogens is 326 g/mol. The van der Waals surface area contributed by atoms with Crippen molar-refractivity contribution in [1.29, 1.82) is 0 Å². The van der Waals surface area contributed by atoms with Gasteiger partial charge in [-0.05, 0) is 32.0 Å². The van der Waals surface area contributed by atoms with E-state index in [9.17, 15) is 0 Å². The quantitative estimate of drug-likeness (QED) is 0.841. The predicted octanol–water partition coefficient (Wildman–Crippen LogP) is 2.49. The van der Waals surface area contributed by atoms with E-state index in [1.165, 1.54) is 39.0 Å². The van der Waals surface area contributed by atoms with Crippen molar-refractivity contribution < 1.29 is 4.74 Å². The van der Waals surface area contributed by atoms with Gasteiger partial charge in [0.05, 0.1) is 0 Å². The lowest BCUT2D eigenvalue weighted by Crippen LogP contribution is -2.52. The minimum atomic E-state index is 0.599. The average Bonchev–Trinajstić information content (AvgIpc) is 2.70. The summed E-state index contributed by atoms with van der Waals surface area (Å²) in [5.41, 5.74) is 0. The van der Waals surface area contributed by atoms with Crippen LogP contribution in [-0.2, 0) is 0 Å². The second-order valence-electron chi connectivity index (χ2n) is 7.19. The highest BCUT2D eigenvalue weighted by Crippen LogP contribution is 2.25. The Morgan fingerprint density at radius 3 is 2.38 bits per heavy atom. The number of likely N-dealkylation sites (N-methyl/N-ethyl adjacent to an activating group) is 1. The van der Waals surface area contributed by atoms with Gasteiger partial charge in [-0.1, -0.05) is 18.2 Å². The number of piperidine rings is 1. The summed E-state index contributed by atoms with van der Waals surface area (Å²) in [5, 5.41) is 0. The van der Waals surface area contributed by atoms with E-state index >= 15 is 0 Å². The topological polar surface area (TPSA) is 44.7 Å². The molecular formula is C20H27N5O. The molecule has 3 heterocycles. The van der Waals surface area contributed by atoms with E-state index < -0.39 is 0 Å². The van der Waals surface area contributed by atoms with Crippen LogP contribution in [0.15, 0.2) is 42.7 Å². The summed E-state index contributed by atoms with van der Waals surface area (Å²) < 4.78 is 5.85. The standard InChI is InChI=1S/C20H27N5O/c1-23-11-13-24(14-12-23)17-7-9-25(10-8-17)19-15-20(22-16-21-19)26-18-5-3-2-4-6-18/h2-6,15-17H,7-14H2,1H3. The number of hydrogen-bond donors (Lipinski definition) is 0. The van der Waals surface area contributed by atoms with E-state index in [0.717, 1.165) is 24.7 Å². The SMILES string of the molecule is CN1CCN(C2CCN(c3cc(Oc4ccccc4)ncn3)CC2)CC1. The molecule has 1 aromatic heterocycles. The third-order valence-corrected chi connectivity index (χ3v) is 5.44. The van der Waals surface area contributed by atoms with E-state index in [2.05, 4.69) is 31.7 Å². The van der Waals surface area contributed by atoms with Gasteiger partial charge in [0.15, 0.2) is 0 Å². The molecule has 0 radical (unpaired) electrons. The fourth-order valence-electron chi connectivity index (χ4n) is 3.82. The van der Waals surface area contributed by atoms with Crippen molar-refractivity contribution in [3.8, 4) is 11.6 Å². The van der Waals surface area contributed by atoms with Gasteiger partial charge in [-0.3, -0.25) is 4.90 Å². The number of rotatable bonds is 4. The molecule has 0 amide bonds. The number of ether oxygens (including phenoxy) is 1.